The van der Waals surface area contributed by atoms with Gasteiger partial charge in [0.2, 0.25) is 0 Å². The van der Waals surface area contributed by atoms with Crippen LogP contribution < -0.4 is 15.4 Å². The van der Waals surface area contributed by atoms with Crippen LogP contribution >= 0.6 is 0 Å². The summed E-state index contributed by atoms with van der Waals surface area (Å²) >= 11 is 0. The van der Waals surface area contributed by atoms with Crippen molar-refractivity contribution in [2.45, 2.75) is 72.6 Å². The van der Waals surface area contributed by atoms with Gasteiger partial charge in [-0.3, -0.25) is 4.79 Å². The predicted molar refractivity (Wildman–Crippen MR) is 158 cm³/mol. The Labute approximate surface area is 240 Å². The van der Waals surface area contributed by atoms with E-state index in [4.69, 9.17) is 14.2 Å². The SMILES string of the molecule is Cc1cc(OCCNC(=O)OC(C)(C)C)ccc1NC(=O)c1ccc2c3c([nH]c2c1)CN(C(=O)OC(C)(C)C)CC3. The van der Waals surface area contributed by atoms with E-state index in [9.17, 15) is 14.4 Å². The minimum absolute atomic E-state index is 0.229. The monoisotopic (exact) mass is 564 g/mol. The number of hydrogen-bond acceptors (Lipinski definition) is 6. The maximum atomic E-state index is 13.1. The number of ether oxygens (including phenoxy) is 3. The van der Waals surface area contributed by atoms with Crippen molar-refractivity contribution >= 4 is 34.7 Å². The van der Waals surface area contributed by atoms with Gasteiger partial charge >= 0.3 is 12.2 Å². The molecule has 41 heavy (non-hydrogen) atoms. The lowest BCUT2D eigenvalue weighted by molar-refractivity contribution is 0.0221. The van der Waals surface area contributed by atoms with E-state index in [-0.39, 0.29) is 18.6 Å². The quantitative estimate of drug-likeness (QED) is 0.319. The van der Waals surface area contributed by atoms with E-state index in [2.05, 4.69) is 15.6 Å². The zero-order valence-electron chi connectivity index (χ0n) is 24.9. The van der Waals surface area contributed by atoms with Crippen LogP contribution in [-0.2, 0) is 22.4 Å². The van der Waals surface area contributed by atoms with Crippen LogP contribution in [0.1, 0.15) is 68.7 Å². The fraction of sp³-hybridized carbons (Fsp3) is 0.452. The molecule has 0 atom stereocenters. The van der Waals surface area contributed by atoms with Crippen LogP contribution in [0.4, 0.5) is 15.3 Å². The maximum absolute atomic E-state index is 13.1. The summed E-state index contributed by atoms with van der Waals surface area (Å²) in [5.41, 5.74) is 3.92. The second-order valence-electron chi connectivity index (χ2n) is 12.2. The molecule has 1 aliphatic rings. The first-order valence-electron chi connectivity index (χ1n) is 13.8. The van der Waals surface area contributed by atoms with Crippen molar-refractivity contribution < 1.29 is 28.6 Å². The number of rotatable bonds is 6. The molecule has 0 saturated heterocycles. The van der Waals surface area contributed by atoms with Gasteiger partial charge in [-0.2, -0.15) is 0 Å². The molecule has 10 nitrogen and oxygen atoms in total. The van der Waals surface area contributed by atoms with Gasteiger partial charge in [0, 0.05) is 34.4 Å². The Kier molecular flexibility index (Phi) is 8.51. The van der Waals surface area contributed by atoms with Crippen molar-refractivity contribution in [3.63, 3.8) is 0 Å². The number of fused-ring (bicyclic) bond motifs is 3. The molecule has 2 aromatic carbocycles. The third-order valence-corrected chi connectivity index (χ3v) is 6.37. The average Bonchev–Trinajstić information content (AvgIpc) is 3.23. The van der Waals surface area contributed by atoms with Gasteiger partial charge in [-0.15, -0.1) is 0 Å². The Morgan fingerprint density at radius 1 is 0.976 bits per heavy atom. The fourth-order valence-electron chi connectivity index (χ4n) is 4.57. The molecule has 0 spiro atoms. The summed E-state index contributed by atoms with van der Waals surface area (Å²) in [5, 5.41) is 6.69. The third kappa shape index (κ3) is 7.93. The molecule has 0 bridgehead atoms. The number of aromatic amines is 1. The van der Waals surface area contributed by atoms with Crippen LogP contribution in [0.15, 0.2) is 36.4 Å². The van der Waals surface area contributed by atoms with Crippen LogP contribution in [0, 0.1) is 6.92 Å². The molecule has 220 valence electrons. The number of carbonyl (C=O) groups is 3. The number of hydrogen-bond donors (Lipinski definition) is 3. The summed E-state index contributed by atoms with van der Waals surface area (Å²) in [7, 11) is 0. The van der Waals surface area contributed by atoms with E-state index in [0.29, 0.717) is 43.1 Å². The van der Waals surface area contributed by atoms with Crippen LogP contribution in [0.3, 0.4) is 0 Å². The lowest BCUT2D eigenvalue weighted by Crippen LogP contribution is -2.39. The van der Waals surface area contributed by atoms with Crippen LogP contribution in [0.25, 0.3) is 10.9 Å². The second-order valence-corrected chi connectivity index (χ2v) is 12.2. The highest BCUT2D eigenvalue weighted by Gasteiger charge is 2.28. The van der Waals surface area contributed by atoms with E-state index < -0.39 is 17.3 Å². The Bertz CT molecular complexity index is 1450. The predicted octanol–water partition coefficient (Wildman–Crippen LogP) is 5.93. The average molecular weight is 565 g/mol. The first-order chi connectivity index (χ1) is 19.2. The normalized spacial score (nSPS) is 13.4. The number of amides is 3. The Hall–Kier alpha value is -4.21. The van der Waals surface area contributed by atoms with Crippen LogP contribution in [0.2, 0.25) is 0 Å². The zero-order valence-corrected chi connectivity index (χ0v) is 24.9. The number of benzene rings is 2. The number of alkyl carbamates (subject to hydrolysis) is 1. The van der Waals surface area contributed by atoms with E-state index in [1.54, 1.807) is 37.8 Å². The van der Waals surface area contributed by atoms with Gasteiger partial charge in [-0.25, -0.2) is 9.59 Å². The van der Waals surface area contributed by atoms with Crippen molar-refractivity contribution in [3.05, 3.63) is 58.8 Å². The molecule has 0 saturated carbocycles. The molecular weight excluding hydrogens is 524 g/mol. The van der Waals surface area contributed by atoms with Crippen molar-refractivity contribution in [2.24, 2.45) is 0 Å². The number of aryl methyl sites for hydroxylation is 1. The van der Waals surface area contributed by atoms with Gasteiger partial charge < -0.3 is 34.7 Å². The maximum Gasteiger partial charge on any atom is 0.410 e. The summed E-state index contributed by atoms with van der Waals surface area (Å²) < 4.78 is 16.5. The lowest BCUT2D eigenvalue weighted by Gasteiger charge is -2.30. The van der Waals surface area contributed by atoms with Gasteiger partial charge in [0.05, 0.1) is 13.1 Å². The summed E-state index contributed by atoms with van der Waals surface area (Å²) in [6.07, 6.45) is -0.105. The summed E-state index contributed by atoms with van der Waals surface area (Å²) in [6, 6.07) is 11.0. The number of H-pyrrole nitrogens is 1. The van der Waals surface area contributed by atoms with Crippen LogP contribution in [-0.4, -0.2) is 58.9 Å². The molecule has 3 amide bonds. The van der Waals surface area contributed by atoms with Gasteiger partial charge in [0.25, 0.3) is 5.91 Å². The van der Waals surface area contributed by atoms with Crippen molar-refractivity contribution in [1.29, 1.82) is 0 Å². The first kappa shape index (κ1) is 29.8. The first-order valence-corrected chi connectivity index (χ1v) is 13.8. The zero-order chi connectivity index (χ0) is 29.9. The minimum Gasteiger partial charge on any atom is -0.492 e. The number of aromatic nitrogens is 1. The summed E-state index contributed by atoms with van der Waals surface area (Å²) in [6.45, 7) is 14.5. The van der Waals surface area contributed by atoms with Gasteiger partial charge in [-0.05, 0) is 96.3 Å². The molecule has 10 heteroatoms. The third-order valence-electron chi connectivity index (χ3n) is 6.37. The van der Waals surface area contributed by atoms with Gasteiger partial charge in [-0.1, -0.05) is 6.07 Å². The number of carbonyl (C=O) groups excluding carboxylic acids is 3. The van der Waals surface area contributed by atoms with Crippen LogP contribution in [0.5, 0.6) is 5.75 Å². The van der Waals surface area contributed by atoms with E-state index in [0.717, 1.165) is 22.2 Å². The van der Waals surface area contributed by atoms with E-state index in [1.807, 2.05) is 52.0 Å². The molecule has 1 aromatic heterocycles. The number of nitrogens with one attached hydrogen (secondary N) is 3. The van der Waals surface area contributed by atoms with Crippen molar-refractivity contribution in [3.8, 4) is 5.75 Å². The highest BCUT2D eigenvalue weighted by atomic mass is 16.6. The highest BCUT2D eigenvalue weighted by molar-refractivity contribution is 6.06. The molecule has 3 N–H and O–H groups in total. The minimum atomic E-state index is -0.555. The van der Waals surface area contributed by atoms with Gasteiger partial charge in [0.1, 0.15) is 23.6 Å². The molecule has 0 fully saturated rings. The van der Waals surface area contributed by atoms with Crippen molar-refractivity contribution in [2.75, 3.05) is 25.0 Å². The Balaban J connectivity index is 1.35. The second kappa shape index (κ2) is 11.7. The van der Waals surface area contributed by atoms with E-state index >= 15 is 0 Å². The fourth-order valence-corrected chi connectivity index (χ4v) is 4.57. The molecular formula is C31H40N4O6. The Morgan fingerprint density at radius 2 is 1.71 bits per heavy atom. The molecule has 2 heterocycles. The number of nitrogens with zero attached hydrogens (tertiary/aromatic N) is 1. The van der Waals surface area contributed by atoms with E-state index in [1.165, 1.54) is 5.56 Å². The molecule has 0 aliphatic carbocycles. The highest BCUT2D eigenvalue weighted by Crippen LogP contribution is 2.30. The smallest absolute Gasteiger partial charge is 0.410 e. The summed E-state index contributed by atoms with van der Waals surface area (Å²) in [4.78, 5) is 42.5. The molecule has 0 radical (unpaired) electrons. The largest absolute Gasteiger partial charge is 0.492 e. The standard InChI is InChI=1S/C31H40N4O6/c1-19-16-21(39-15-13-32-28(37)40-30(2,3)4)9-11-24(19)34-27(36)20-8-10-22-23-12-14-35(29(38)41-31(5,6)7)18-26(23)33-25(22)17-20/h8-11,16-17,33H,12-15,18H2,1-7H3,(H,32,37)(H,34,36). The molecule has 0 unspecified atom stereocenters. The molecule has 3 aromatic rings. The lowest BCUT2D eigenvalue weighted by atomic mass is 10.0. The molecule has 1 aliphatic heterocycles. The summed E-state index contributed by atoms with van der Waals surface area (Å²) in [5.74, 6) is 0.401. The van der Waals surface area contributed by atoms with Gasteiger partial charge in [0.15, 0.2) is 0 Å². The topological polar surface area (TPSA) is 122 Å². The molecule has 4 rings (SSSR count). The number of anilines is 1. The van der Waals surface area contributed by atoms with Crippen molar-refractivity contribution in [1.82, 2.24) is 15.2 Å². The Morgan fingerprint density at radius 3 is 2.39 bits per heavy atom.